The van der Waals surface area contributed by atoms with Crippen molar-refractivity contribution < 1.29 is 0 Å². The van der Waals surface area contributed by atoms with Crippen LogP contribution in [0.2, 0.25) is 0 Å². The molecule has 1 unspecified atom stereocenters. The highest BCUT2D eigenvalue weighted by molar-refractivity contribution is 5.75. The molecule has 0 aliphatic carbocycles. The van der Waals surface area contributed by atoms with Crippen LogP contribution in [0.25, 0.3) is 11.0 Å². The smallest absolute Gasteiger partial charge is 0.104 e. The number of nitrogens with two attached hydrogens (primary N) is 1. The number of hydrogen-bond donors (Lipinski definition) is 3. The first kappa shape index (κ1) is 14.0. The van der Waals surface area contributed by atoms with Crippen LogP contribution in [0.1, 0.15) is 25.2 Å². The van der Waals surface area contributed by atoms with Gasteiger partial charge in [0.15, 0.2) is 0 Å². The number of aromatic nitrogens is 2. The second-order valence-electron chi connectivity index (χ2n) is 5.46. The van der Waals surface area contributed by atoms with Gasteiger partial charge in [-0.2, -0.15) is 0 Å². The van der Waals surface area contributed by atoms with E-state index in [1.807, 2.05) is 6.92 Å². The van der Waals surface area contributed by atoms with Crippen LogP contribution in [-0.4, -0.2) is 29.1 Å². The average Bonchev–Trinajstić information content (AvgIpc) is 2.73. The van der Waals surface area contributed by atoms with Crippen molar-refractivity contribution in [1.82, 2.24) is 15.3 Å². The zero-order chi connectivity index (χ0) is 13.8. The number of aryl methyl sites for hydroxylation is 1. The molecule has 19 heavy (non-hydrogen) atoms. The van der Waals surface area contributed by atoms with Crippen LogP contribution >= 0.6 is 0 Å². The summed E-state index contributed by atoms with van der Waals surface area (Å²) >= 11 is 0. The molecule has 1 atom stereocenters. The van der Waals surface area contributed by atoms with E-state index in [0.717, 1.165) is 29.8 Å². The van der Waals surface area contributed by atoms with E-state index >= 15 is 0 Å². The summed E-state index contributed by atoms with van der Waals surface area (Å²) in [5.74, 6) is 1.54. The third-order valence-electron chi connectivity index (χ3n) is 3.54. The molecule has 4 heteroatoms. The molecule has 1 aromatic heterocycles. The predicted molar refractivity (Wildman–Crippen MR) is 80.2 cm³/mol. The van der Waals surface area contributed by atoms with Gasteiger partial charge in [0.2, 0.25) is 0 Å². The minimum Gasteiger partial charge on any atom is -0.342 e. The molecule has 2 aromatic rings. The molecule has 0 saturated heterocycles. The first-order valence-electron chi connectivity index (χ1n) is 6.99. The minimum absolute atomic E-state index is 0.401. The van der Waals surface area contributed by atoms with Crippen LogP contribution in [0, 0.1) is 12.8 Å². The van der Waals surface area contributed by atoms with Crippen LogP contribution in [0.3, 0.4) is 0 Å². The third-order valence-corrected chi connectivity index (χ3v) is 3.54. The molecule has 0 saturated carbocycles. The summed E-state index contributed by atoms with van der Waals surface area (Å²) in [5.41, 5.74) is 9.23. The molecule has 1 heterocycles. The Labute approximate surface area is 114 Å². The molecular weight excluding hydrogens is 236 g/mol. The van der Waals surface area contributed by atoms with Gasteiger partial charge in [0.25, 0.3) is 0 Å². The lowest BCUT2D eigenvalue weighted by Gasteiger charge is -2.20. The fourth-order valence-corrected chi connectivity index (χ4v) is 2.33. The van der Waals surface area contributed by atoms with Gasteiger partial charge in [-0.25, -0.2) is 4.98 Å². The lowest BCUT2D eigenvalue weighted by atomic mass is 10.0. The van der Waals surface area contributed by atoms with Crippen molar-refractivity contribution in [2.24, 2.45) is 11.7 Å². The van der Waals surface area contributed by atoms with Gasteiger partial charge in [0, 0.05) is 12.6 Å². The molecule has 0 bridgehead atoms. The largest absolute Gasteiger partial charge is 0.342 e. The molecule has 0 amide bonds. The second-order valence-corrected chi connectivity index (χ2v) is 5.46. The number of nitrogens with one attached hydrogen (secondary N) is 2. The number of benzene rings is 1. The van der Waals surface area contributed by atoms with Crippen molar-refractivity contribution in [2.45, 2.75) is 33.2 Å². The summed E-state index contributed by atoms with van der Waals surface area (Å²) in [6.45, 7) is 8.03. The average molecular weight is 260 g/mol. The summed E-state index contributed by atoms with van der Waals surface area (Å²) in [4.78, 5) is 7.69. The van der Waals surface area contributed by atoms with Crippen molar-refractivity contribution in [3.8, 4) is 0 Å². The normalized spacial score (nSPS) is 13.3. The molecule has 4 nitrogen and oxygen atoms in total. The van der Waals surface area contributed by atoms with Crippen LogP contribution in [0.5, 0.6) is 0 Å². The zero-order valence-corrected chi connectivity index (χ0v) is 12.0. The van der Waals surface area contributed by atoms with E-state index in [9.17, 15) is 0 Å². The molecule has 4 N–H and O–H groups in total. The van der Waals surface area contributed by atoms with Crippen molar-refractivity contribution in [1.29, 1.82) is 0 Å². The summed E-state index contributed by atoms with van der Waals surface area (Å²) in [7, 11) is 0. The number of aromatic amines is 1. The summed E-state index contributed by atoms with van der Waals surface area (Å²) in [6, 6.07) is 6.82. The van der Waals surface area contributed by atoms with Crippen molar-refractivity contribution in [2.75, 3.05) is 13.1 Å². The first-order chi connectivity index (χ1) is 9.10. The van der Waals surface area contributed by atoms with Crippen molar-refractivity contribution in [3.05, 3.63) is 29.6 Å². The Bertz CT molecular complexity index is 530. The number of hydrogen-bond acceptors (Lipinski definition) is 3. The Hall–Kier alpha value is -1.39. The number of nitrogens with zero attached hydrogens (tertiary/aromatic N) is 1. The molecule has 0 radical (unpaired) electrons. The number of rotatable bonds is 6. The highest BCUT2D eigenvalue weighted by atomic mass is 14.9. The Morgan fingerprint density at radius 1 is 1.37 bits per heavy atom. The maximum absolute atomic E-state index is 5.75. The monoisotopic (exact) mass is 260 g/mol. The van der Waals surface area contributed by atoms with Crippen LogP contribution in [-0.2, 0) is 6.42 Å². The Morgan fingerprint density at radius 2 is 2.16 bits per heavy atom. The molecular formula is C15H24N4. The fraction of sp³-hybridized carbons (Fsp3) is 0.533. The maximum atomic E-state index is 5.75. The number of fused-ring (bicyclic) bond motifs is 1. The van der Waals surface area contributed by atoms with E-state index in [-0.39, 0.29) is 0 Å². The lowest BCUT2D eigenvalue weighted by molar-refractivity contribution is 0.409. The van der Waals surface area contributed by atoms with E-state index in [1.165, 1.54) is 5.56 Å². The van der Waals surface area contributed by atoms with Crippen LogP contribution in [0.15, 0.2) is 18.2 Å². The van der Waals surface area contributed by atoms with Gasteiger partial charge >= 0.3 is 0 Å². The van der Waals surface area contributed by atoms with Gasteiger partial charge in [-0.05, 0) is 43.5 Å². The van der Waals surface area contributed by atoms with Gasteiger partial charge in [0.05, 0.1) is 11.0 Å². The SMILES string of the molecule is Cc1nc2ccc(CCNC(CN)C(C)C)cc2[nH]1. The predicted octanol–water partition coefficient (Wildman–Crippen LogP) is 1.99. The van der Waals surface area contributed by atoms with Gasteiger partial charge in [-0.1, -0.05) is 19.9 Å². The van der Waals surface area contributed by atoms with Gasteiger partial charge in [-0.15, -0.1) is 0 Å². The molecule has 0 spiro atoms. The topological polar surface area (TPSA) is 66.7 Å². The van der Waals surface area contributed by atoms with Gasteiger partial charge < -0.3 is 16.0 Å². The van der Waals surface area contributed by atoms with E-state index in [4.69, 9.17) is 5.73 Å². The van der Waals surface area contributed by atoms with Gasteiger partial charge in [-0.3, -0.25) is 0 Å². The second kappa shape index (κ2) is 6.17. The summed E-state index contributed by atoms with van der Waals surface area (Å²) < 4.78 is 0. The molecule has 0 aliphatic rings. The van der Waals surface area contributed by atoms with E-state index < -0.39 is 0 Å². The number of H-pyrrole nitrogens is 1. The Morgan fingerprint density at radius 3 is 2.84 bits per heavy atom. The minimum atomic E-state index is 0.401. The van der Waals surface area contributed by atoms with Crippen molar-refractivity contribution >= 4 is 11.0 Å². The standard InChI is InChI=1S/C15H24N4/c1-10(2)15(9-16)17-7-6-12-4-5-13-14(8-12)19-11(3)18-13/h4-5,8,10,15,17H,6-7,9,16H2,1-3H3,(H,18,19). The maximum Gasteiger partial charge on any atom is 0.104 e. The molecule has 2 rings (SSSR count). The third kappa shape index (κ3) is 3.55. The molecule has 0 aliphatic heterocycles. The molecule has 1 aromatic carbocycles. The van der Waals surface area contributed by atoms with Crippen LogP contribution in [0.4, 0.5) is 0 Å². The zero-order valence-electron chi connectivity index (χ0n) is 12.0. The number of imidazole rings is 1. The summed E-state index contributed by atoms with van der Waals surface area (Å²) in [6.07, 6.45) is 1.01. The van der Waals surface area contributed by atoms with E-state index in [1.54, 1.807) is 0 Å². The highest BCUT2D eigenvalue weighted by Gasteiger charge is 2.09. The van der Waals surface area contributed by atoms with E-state index in [0.29, 0.717) is 18.5 Å². The molecule has 104 valence electrons. The Kier molecular flexibility index (Phi) is 4.56. The molecule has 0 fully saturated rings. The van der Waals surface area contributed by atoms with E-state index in [2.05, 4.69) is 47.3 Å². The first-order valence-corrected chi connectivity index (χ1v) is 6.99. The highest BCUT2D eigenvalue weighted by Crippen LogP contribution is 2.13. The van der Waals surface area contributed by atoms with Crippen LogP contribution < -0.4 is 11.1 Å². The Balaban J connectivity index is 1.94. The lowest BCUT2D eigenvalue weighted by Crippen LogP contribution is -2.41. The summed E-state index contributed by atoms with van der Waals surface area (Å²) in [5, 5.41) is 3.52. The van der Waals surface area contributed by atoms with Crippen molar-refractivity contribution in [3.63, 3.8) is 0 Å². The van der Waals surface area contributed by atoms with Gasteiger partial charge in [0.1, 0.15) is 5.82 Å². The quantitative estimate of drug-likeness (QED) is 0.744. The fourth-order valence-electron chi connectivity index (χ4n) is 2.33.